The number of aryl methyl sites for hydroxylation is 1. The van der Waals surface area contributed by atoms with Crippen molar-refractivity contribution in [2.75, 3.05) is 38.1 Å². The predicted molar refractivity (Wildman–Crippen MR) is 111 cm³/mol. The van der Waals surface area contributed by atoms with Crippen molar-refractivity contribution in [1.29, 1.82) is 0 Å². The topological polar surface area (TPSA) is 77.1 Å². The minimum absolute atomic E-state index is 0.0521. The number of anilines is 2. The molecule has 1 heterocycles. The number of carbonyl (C=O) groups is 2. The van der Waals surface area contributed by atoms with Gasteiger partial charge in [0.05, 0.1) is 27.2 Å². The average Bonchev–Trinajstić information content (AvgIpc) is 3.10. The minimum Gasteiger partial charge on any atom is -0.493 e. The zero-order chi connectivity index (χ0) is 21.1. The first-order valence-electron chi connectivity index (χ1n) is 9.37. The molecule has 2 aromatic rings. The van der Waals surface area contributed by atoms with Gasteiger partial charge in [-0.05, 0) is 31.0 Å². The molecule has 0 radical (unpaired) electrons. The van der Waals surface area contributed by atoms with E-state index >= 15 is 0 Å². The zero-order valence-corrected chi connectivity index (χ0v) is 17.4. The van der Waals surface area contributed by atoms with Crippen LogP contribution >= 0.6 is 0 Å². The molecular formula is C22H26N2O5. The van der Waals surface area contributed by atoms with E-state index in [1.54, 1.807) is 17.0 Å². The van der Waals surface area contributed by atoms with Crippen molar-refractivity contribution in [3.63, 3.8) is 0 Å². The Labute approximate surface area is 170 Å². The van der Waals surface area contributed by atoms with Crippen LogP contribution in [0, 0.1) is 19.8 Å². The van der Waals surface area contributed by atoms with Gasteiger partial charge in [-0.1, -0.05) is 12.1 Å². The highest BCUT2D eigenvalue weighted by molar-refractivity contribution is 6.04. The van der Waals surface area contributed by atoms with Crippen molar-refractivity contribution in [3.8, 4) is 17.2 Å². The fourth-order valence-corrected chi connectivity index (χ4v) is 3.54. The van der Waals surface area contributed by atoms with Crippen LogP contribution in [-0.2, 0) is 9.59 Å². The van der Waals surface area contributed by atoms with E-state index in [1.807, 2.05) is 32.0 Å². The van der Waals surface area contributed by atoms with Crippen LogP contribution in [0.25, 0.3) is 0 Å². The summed E-state index contributed by atoms with van der Waals surface area (Å²) in [5, 5.41) is 2.87. The summed E-state index contributed by atoms with van der Waals surface area (Å²) >= 11 is 0. The van der Waals surface area contributed by atoms with E-state index in [0.717, 1.165) is 16.8 Å². The number of hydrogen-bond donors (Lipinski definition) is 1. The Morgan fingerprint density at radius 2 is 1.72 bits per heavy atom. The van der Waals surface area contributed by atoms with E-state index in [1.165, 1.54) is 21.3 Å². The maximum Gasteiger partial charge on any atom is 0.229 e. The summed E-state index contributed by atoms with van der Waals surface area (Å²) in [6.07, 6.45) is 0.170. The third-order valence-electron chi connectivity index (χ3n) is 5.29. The molecule has 2 amide bonds. The molecule has 0 aliphatic carbocycles. The Morgan fingerprint density at radius 3 is 2.31 bits per heavy atom. The molecule has 0 saturated carbocycles. The van der Waals surface area contributed by atoms with E-state index in [4.69, 9.17) is 14.2 Å². The van der Waals surface area contributed by atoms with Crippen LogP contribution in [0.3, 0.4) is 0 Å². The number of amides is 2. The first kappa shape index (κ1) is 20.5. The molecule has 0 spiro atoms. The second-order valence-corrected chi connectivity index (χ2v) is 7.03. The molecule has 1 atom stereocenters. The number of nitrogens with zero attached hydrogens (tertiary/aromatic N) is 1. The van der Waals surface area contributed by atoms with Crippen LogP contribution in [0.5, 0.6) is 17.2 Å². The molecule has 1 unspecified atom stereocenters. The van der Waals surface area contributed by atoms with Gasteiger partial charge in [0, 0.05) is 36.5 Å². The third kappa shape index (κ3) is 3.99. The van der Waals surface area contributed by atoms with Crippen LogP contribution in [0.4, 0.5) is 11.4 Å². The molecule has 1 aliphatic rings. The van der Waals surface area contributed by atoms with Crippen molar-refractivity contribution in [2.45, 2.75) is 20.3 Å². The number of carbonyl (C=O) groups excluding carboxylic acids is 2. The number of nitrogens with one attached hydrogen (secondary N) is 1. The fourth-order valence-electron chi connectivity index (χ4n) is 3.54. The maximum atomic E-state index is 12.8. The second-order valence-electron chi connectivity index (χ2n) is 7.03. The molecular weight excluding hydrogens is 372 g/mol. The summed E-state index contributed by atoms with van der Waals surface area (Å²) < 4.78 is 16.0. The Hall–Kier alpha value is -3.22. The molecule has 3 rings (SSSR count). The lowest BCUT2D eigenvalue weighted by atomic mass is 10.1. The first-order valence-corrected chi connectivity index (χ1v) is 9.37. The number of benzene rings is 2. The molecule has 1 N–H and O–H groups in total. The Balaban J connectivity index is 1.78. The quantitative estimate of drug-likeness (QED) is 0.808. The Morgan fingerprint density at radius 1 is 1.07 bits per heavy atom. The van der Waals surface area contributed by atoms with Crippen LogP contribution in [0.15, 0.2) is 30.3 Å². The van der Waals surface area contributed by atoms with Crippen molar-refractivity contribution < 1.29 is 23.8 Å². The highest BCUT2D eigenvalue weighted by Crippen LogP contribution is 2.40. The molecule has 1 aliphatic heterocycles. The summed E-state index contributed by atoms with van der Waals surface area (Å²) in [6, 6.07) is 9.18. The van der Waals surface area contributed by atoms with Gasteiger partial charge in [-0.25, -0.2) is 0 Å². The number of hydrogen-bond acceptors (Lipinski definition) is 5. The Kier molecular flexibility index (Phi) is 5.96. The largest absolute Gasteiger partial charge is 0.493 e. The van der Waals surface area contributed by atoms with Crippen molar-refractivity contribution in [2.24, 2.45) is 5.92 Å². The summed E-state index contributed by atoms with van der Waals surface area (Å²) in [6.45, 7) is 4.34. The van der Waals surface area contributed by atoms with Gasteiger partial charge in [0.1, 0.15) is 0 Å². The second kappa shape index (κ2) is 8.43. The SMILES string of the molecule is COc1cc(NC(=O)C2CC(=O)N(c3cccc(C)c3C)C2)cc(OC)c1OC. The van der Waals surface area contributed by atoms with Crippen molar-refractivity contribution >= 4 is 23.2 Å². The van der Waals surface area contributed by atoms with Gasteiger partial charge in [-0.2, -0.15) is 0 Å². The Bertz CT molecular complexity index is 916. The molecule has 29 heavy (non-hydrogen) atoms. The molecule has 2 aromatic carbocycles. The van der Waals surface area contributed by atoms with Gasteiger partial charge < -0.3 is 24.4 Å². The summed E-state index contributed by atoms with van der Waals surface area (Å²) in [5.41, 5.74) is 3.53. The van der Waals surface area contributed by atoms with E-state index in [0.29, 0.717) is 29.5 Å². The maximum absolute atomic E-state index is 12.8. The lowest BCUT2D eigenvalue weighted by Crippen LogP contribution is -2.28. The summed E-state index contributed by atoms with van der Waals surface area (Å²) in [7, 11) is 4.55. The molecule has 7 heteroatoms. The van der Waals surface area contributed by atoms with E-state index < -0.39 is 5.92 Å². The molecule has 0 aromatic heterocycles. The summed E-state index contributed by atoms with van der Waals surface area (Å²) in [4.78, 5) is 27.1. The van der Waals surface area contributed by atoms with E-state index in [2.05, 4.69) is 5.32 Å². The molecule has 1 fully saturated rings. The van der Waals surface area contributed by atoms with Crippen LogP contribution in [0.1, 0.15) is 17.5 Å². The molecule has 154 valence electrons. The third-order valence-corrected chi connectivity index (χ3v) is 5.29. The number of ether oxygens (including phenoxy) is 3. The highest BCUT2D eigenvalue weighted by atomic mass is 16.5. The van der Waals surface area contributed by atoms with Gasteiger partial charge in [0.2, 0.25) is 17.6 Å². The normalized spacial score (nSPS) is 16.0. The van der Waals surface area contributed by atoms with Crippen LogP contribution in [-0.4, -0.2) is 39.7 Å². The van der Waals surface area contributed by atoms with Crippen LogP contribution in [0.2, 0.25) is 0 Å². The molecule has 1 saturated heterocycles. The lowest BCUT2D eigenvalue weighted by Gasteiger charge is -2.20. The average molecular weight is 398 g/mol. The minimum atomic E-state index is -0.443. The number of rotatable bonds is 6. The monoisotopic (exact) mass is 398 g/mol. The van der Waals surface area contributed by atoms with Gasteiger partial charge in [-0.3, -0.25) is 9.59 Å². The smallest absolute Gasteiger partial charge is 0.229 e. The van der Waals surface area contributed by atoms with E-state index in [9.17, 15) is 9.59 Å². The van der Waals surface area contributed by atoms with Crippen molar-refractivity contribution in [1.82, 2.24) is 0 Å². The highest BCUT2D eigenvalue weighted by Gasteiger charge is 2.36. The van der Waals surface area contributed by atoms with Gasteiger partial charge >= 0.3 is 0 Å². The fraction of sp³-hybridized carbons (Fsp3) is 0.364. The van der Waals surface area contributed by atoms with Gasteiger partial charge in [-0.15, -0.1) is 0 Å². The van der Waals surface area contributed by atoms with Gasteiger partial charge in [0.25, 0.3) is 0 Å². The number of methoxy groups -OCH3 is 3. The zero-order valence-electron chi connectivity index (χ0n) is 17.4. The van der Waals surface area contributed by atoms with Crippen LogP contribution < -0.4 is 24.4 Å². The molecule has 7 nitrogen and oxygen atoms in total. The van der Waals surface area contributed by atoms with Crippen molar-refractivity contribution in [3.05, 3.63) is 41.5 Å². The molecule has 0 bridgehead atoms. The predicted octanol–water partition coefficient (Wildman–Crippen LogP) is 3.32. The lowest BCUT2D eigenvalue weighted by molar-refractivity contribution is -0.122. The van der Waals surface area contributed by atoms with E-state index in [-0.39, 0.29) is 18.2 Å². The summed E-state index contributed by atoms with van der Waals surface area (Å²) in [5.74, 6) is 0.624. The standard InChI is InChI=1S/C22H26N2O5/c1-13-7-6-8-17(14(13)2)24-12-15(9-20(24)25)22(26)23-16-10-18(27-3)21(29-5)19(11-16)28-4/h6-8,10-11,15H,9,12H2,1-5H3,(H,23,26). The first-order chi connectivity index (χ1) is 13.9. The van der Waals surface area contributed by atoms with Gasteiger partial charge in [0.15, 0.2) is 11.5 Å².